The third-order valence-electron chi connectivity index (χ3n) is 5.27. The lowest BCUT2D eigenvalue weighted by Crippen LogP contribution is -2.30. The summed E-state index contributed by atoms with van der Waals surface area (Å²) in [6.07, 6.45) is 3.71. The second-order valence-corrected chi connectivity index (χ2v) is 8.05. The van der Waals surface area contributed by atoms with Crippen LogP contribution in [0.1, 0.15) is 24.0 Å². The van der Waals surface area contributed by atoms with Gasteiger partial charge in [-0.2, -0.15) is 0 Å². The average Bonchev–Trinajstić information content (AvgIpc) is 3.45. The van der Waals surface area contributed by atoms with Gasteiger partial charge in [0, 0.05) is 36.1 Å². The number of amides is 1. The molecule has 0 saturated heterocycles. The molecular formula is C23H25N5O2S. The van der Waals surface area contributed by atoms with Gasteiger partial charge in [0.15, 0.2) is 5.16 Å². The van der Waals surface area contributed by atoms with Crippen molar-refractivity contribution in [3.63, 3.8) is 0 Å². The molecule has 1 atom stereocenters. The van der Waals surface area contributed by atoms with Gasteiger partial charge >= 0.3 is 0 Å². The molecule has 31 heavy (non-hydrogen) atoms. The minimum atomic E-state index is -0.0333. The first-order chi connectivity index (χ1) is 15.2. The maximum atomic E-state index is 12.6. The number of aromatic amines is 1. The first-order valence-corrected chi connectivity index (χ1v) is 11.2. The molecular weight excluding hydrogens is 410 g/mol. The number of thioether (sulfide) groups is 1. The summed E-state index contributed by atoms with van der Waals surface area (Å²) in [5.41, 5.74) is 3.35. The highest BCUT2D eigenvalue weighted by molar-refractivity contribution is 7.99. The number of rotatable bonds is 9. The number of nitrogens with zero attached hydrogens (tertiary/aromatic N) is 3. The van der Waals surface area contributed by atoms with Gasteiger partial charge in [-0.05, 0) is 36.2 Å². The summed E-state index contributed by atoms with van der Waals surface area (Å²) in [4.78, 5) is 15.9. The summed E-state index contributed by atoms with van der Waals surface area (Å²) in [6.45, 7) is 3.29. The third kappa shape index (κ3) is 4.74. The fraction of sp³-hybridized carbons (Fsp3) is 0.261. The SMILES string of the molecule is CCn1cnnc1SCC(=O)NCC(c1ccc(OC)cc1)c1c[nH]c2ccccc12. The Bertz CT molecular complexity index is 1150. The number of H-pyrrole nitrogens is 1. The molecule has 2 N–H and O–H groups in total. The molecule has 0 aliphatic carbocycles. The summed E-state index contributed by atoms with van der Waals surface area (Å²) in [7, 11) is 1.66. The summed E-state index contributed by atoms with van der Waals surface area (Å²) in [5, 5.41) is 13.0. The summed E-state index contributed by atoms with van der Waals surface area (Å²) in [5.74, 6) is 1.08. The van der Waals surface area contributed by atoms with E-state index in [2.05, 4.69) is 44.8 Å². The standard InChI is InChI=1S/C23H25N5O2S/c1-3-28-15-26-27-23(28)31-14-22(29)25-12-19(16-8-10-17(30-2)11-9-16)20-13-24-21-7-5-4-6-18(20)21/h4-11,13,15,19,24H,3,12,14H2,1-2H3,(H,25,29). The van der Waals surface area contributed by atoms with Crippen LogP contribution >= 0.6 is 11.8 Å². The molecule has 0 fully saturated rings. The number of hydrogen-bond acceptors (Lipinski definition) is 5. The highest BCUT2D eigenvalue weighted by atomic mass is 32.2. The number of para-hydroxylation sites is 1. The van der Waals surface area contributed by atoms with Gasteiger partial charge < -0.3 is 19.6 Å². The van der Waals surface area contributed by atoms with E-state index in [-0.39, 0.29) is 11.8 Å². The molecule has 8 heteroatoms. The van der Waals surface area contributed by atoms with Crippen LogP contribution in [0.15, 0.2) is 66.2 Å². The van der Waals surface area contributed by atoms with Crippen molar-refractivity contribution >= 4 is 28.6 Å². The van der Waals surface area contributed by atoms with Crippen molar-refractivity contribution in [2.45, 2.75) is 24.5 Å². The number of hydrogen-bond donors (Lipinski definition) is 2. The second kappa shape index (κ2) is 9.70. The van der Waals surface area contributed by atoms with Crippen LogP contribution in [0.25, 0.3) is 10.9 Å². The molecule has 0 aliphatic rings. The van der Waals surface area contributed by atoms with Gasteiger partial charge in [-0.25, -0.2) is 0 Å². The number of methoxy groups -OCH3 is 1. The molecule has 7 nitrogen and oxygen atoms in total. The van der Waals surface area contributed by atoms with Crippen LogP contribution in [0.4, 0.5) is 0 Å². The van der Waals surface area contributed by atoms with E-state index in [1.807, 2.05) is 42.0 Å². The lowest BCUT2D eigenvalue weighted by molar-refractivity contribution is -0.118. The first kappa shape index (κ1) is 21.0. The normalized spacial score (nSPS) is 12.1. The number of fused-ring (bicyclic) bond motifs is 1. The monoisotopic (exact) mass is 435 g/mol. The lowest BCUT2D eigenvalue weighted by atomic mass is 9.91. The van der Waals surface area contributed by atoms with Gasteiger partial charge in [-0.1, -0.05) is 42.1 Å². The zero-order chi connectivity index (χ0) is 21.6. The van der Waals surface area contributed by atoms with Crippen molar-refractivity contribution in [1.29, 1.82) is 0 Å². The molecule has 0 spiro atoms. The van der Waals surface area contributed by atoms with E-state index in [9.17, 15) is 4.79 Å². The summed E-state index contributed by atoms with van der Waals surface area (Å²) in [6, 6.07) is 16.2. The Labute approximate surface area is 185 Å². The van der Waals surface area contributed by atoms with Crippen molar-refractivity contribution in [2.24, 2.45) is 0 Å². The van der Waals surface area contributed by atoms with E-state index < -0.39 is 0 Å². The molecule has 0 saturated carbocycles. The molecule has 2 aromatic carbocycles. The van der Waals surface area contributed by atoms with Gasteiger partial charge in [0.1, 0.15) is 12.1 Å². The van der Waals surface area contributed by atoms with Crippen molar-refractivity contribution in [3.05, 3.63) is 72.2 Å². The van der Waals surface area contributed by atoms with Crippen LogP contribution in [0.3, 0.4) is 0 Å². The van der Waals surface area contributed by atoms with Gasteiger partial charge in [0.25, 0.3) is 0 Å². The maximum Gasteiger partial charge on any atom is 0.230 e. The van der Waals surface area contributed by atoms with Crippen LogP contribution in [0.5, 0.6) is 5.75 Å². The molecule has 4 aromatic rings. The number of benzene rings is 2. The predicted octanol–water partition coefficient (Wildman–Crippen LogP) is 3.83. The minimum absolute atomic E-state index is 0.00954. The van der Waals surface area contributed by atoms with Crippen LogP contribution in [-0.4, -0.2) is 45.1 Å². The fourth-order valence-electron chi connectivity index (χ4n) is 3.60. The Morgan fingerprint density at radius 1 is 1.23 bits per heavy atom. The average molecular weight is 436 g/mol. The van der Waals surface area contributed by atoms with Crippen LogP contribution in [0, 0.1) is 0 Å². The molecule has 1 unspecified atom stereocenters. The Morgan fingerprint density at radius 3 is 2.81 bits per heavy atom. The van der Waals surface area contributed by atoms with Gasteiger partial charge in [0.05, 0.1) is 12.9 Å². The first-order valence-electron chi connectivity index (χ1n) is 10.2. The molecule has 1 amide bonds. The Kier molecular flexibility index (Phi) is 6.57. The van der Waals surface area contributed by atoms with E-state index in [1.54, 1.807) is 13.4 Å². The van der Waals surface area contributed by atoms with E-state index in [4.69, 9.17) is 4.74 Å². The quantitative estimate of drug-likeness (QED) is 0.390. The van der Waals surface area contributed by atoms with E-state index in [1.165, 1.54) is 11.8 Å². The van der Waals surface area contributed by atoms with E-state index in [0.717, 1.165) is 39.5 Å². The van der Waals surface area contributed by atoms with Crippen LogP contribution < -0.4 is 10.1 Å². The van der Waals surface area contributed by atoms with Crippen LogP contribution in [-0.2, 0) is 11.3 Å². The summed E-state index contributed by atoms with van der Waals surface area (Å²) < 4.78 is 7.22. The third-order valence-corrected chi connectivity index (χ3v) is 6.25. The van der Waals surface area contributed by atoms with Gasteiger partial charge in [-0.15, -0.1) is 10.2 Å². The number of carbonyl (C=O) groups is 1. The largest absolute Gasteiger partial charge is 0.497 e. The Hall–Kier alpha value is -3.26. The van der Waals surface area contributed by atoms with Crippen molar-refractivity contribution in [3.8, 4) is 5.75 Å². The number of aryl methyl sites for hydroxylation is 1. The fourth-order valence-corrected chi connectivity index (χ4v) is 4.41. The molecule has 2 aromatic heterocycles. The number of nitrogens with one attached hydrogen (secondary N) is 2. The van der Waals surface area contributed by atoms with E-state index in [0.29, 0.717) is 12.3 Å². The molecule has 0 bridgehead atoms. The number of aromatic nitrogens is 4. The predicted molar refractivity (Wildman–Crippen MR) is 123 cm³/mol. The number of carbonyl (C=O) groups excluding carboxylic acids is 1. The second-order valence-electron chi connectivity index (χ2n) is 7.11. The minimum Gasteiger partial charge on any atom is -0.497 e. The van der Waals surface area contributed by atoms with Gasteiger partial charge in [0.2, 0.25) is 5.91 Å². The highest BCUT2D eigenvalue weighted by Gasteiger charge is 2.19. The molecule has 2 heterocycles. The molecule has 0 radical (unpaired) electrons. The highest BCUT2D eigenvalue weighted by Crippen LogP contribution is 2.31. The smallest absolute Gasteiger partial charge is 0.230 e. The zero-order valence-corrected chi connectivity index (χ0v) is 18.4. The Morgan fingerprint density at radius 2 is 2.03 bits per heavy atom. The van der Waals surface area contributed by atoms with Crippen LogP contribution in [0.2, 0.25) is 0 Å². The number of ether oxygens (including phenoxy) is 1. The van der Waals surface area contributed by atoms with E-state index >= 15 is 0 Å². The molecule has 160 valence electrons. The van der Waals surface area contributed by atoms with Crippen molar-refractivity contribution in [1.82, 2.24) is 25.1 Å². The lowest BCUT2D eigenvalue weighted by Gasteiger charge is -2.18. The van der Waals surface area contributed by atoms with Crippen molar-refractivity contribution < 1.29 is 9.53 Å². The van der Waals surface area contributed by atoms with Crippen molar-refractivity contribution in [2.75, 3.05) is 19.4 Å². The molecule has 4 rings (SSSR count). The topological polar surface area (TPSA) is 84.8 Å². The zero-order valence-electron chi connectivity index (χ0n) is 17.5. The van der Waals surface area contributed by atoms with Gasteiger partial charge in [-0.3, -0.25) is 4.79 Å². The summed E-state index contributed by atoms with van der Waals surface area (Å²) >= 11 is 1.39. The Balaban J connectivity index is 1.51. The maximum absolute atomic E-state index is 12.6. The molecule has 0 aliphatic heterocycles.